The molecular formula is C14H12N4O. The zero-order chi connectivity index (χ0) is 13.5. The summed E-state index contributed by atoms with van der Waals surface area (Å²) in [6.07, 6.45) is -0.304. The van der Waals surface area contributed by atoms with E-state index in [4.69, 9.17) is 10.5 Å². The molecule has 3 atom stereocenters. The summed E-state index contributed by atoms with van der Waals surface area (Å²) in [6, 6.07) is 13.9. The summed E-state index contributed by atoms with van der Waals surface area (Å²) >= 11 is 0. The van der Waals surface area contributed by atoms with Crippen LogP contribution < -0.4 is 11.1 Å². The third kappa shape index (κ3) is 1.49. The van der Waals surface area contributed by atoms with Crippen molar-refractivity contribution in [1.82, 2.24) is 5.32 Å². The van der Waals surface area contributed by atoms with Crippen LogP contribution >= 0.6 is 0 Å². The van der Waals surface area contributed by atoms with Gasteiger partial charge in [-0.1, -0.05) is 30.3 Å². The van der Waals surface area contributed by atoms with Gasteiger partial charge in [0.05, 0.1) is 17.7 Å². The van der Waals surface area contributed by atoms with Crippen LogP contribution in [-0.2, 0) is 4.74 Å². The van der Waals surface area contributed by atoms with Crippen LogP contribution in [0.2, 0.25) is 0 Å². The standard InChI is InChI=1S/C14H12N4O/c15-7-10-12(17)18-13-14(10,8-16)6-11(19-13)9-4-2-1-3-5-9/h1-5,11,13,18H,6,17H2/t11-,13-,14+/m0/s1. The van der Waals surface area contributed by atoms with E-state index in [1.807, 2.05) is 36.4 Å². The zero-order valence-electron chi connectivity index (χ0n) is 10.1. The first-order valence-corrected chi connectivity index (χ1v) is 6.00. The molecule has 1 aromatic rings. The third-order valence-corrected chi connectivity index (χ3v) is 3.74. The molecule has 0 unspecified atom stereocenters. The molecule has 2 aliphatic heterocycles. The zero-order valence-corrected chi connectivity index (χ0v) is 10.1. The highest BCUT2D eigenvalue weighted by Gasteiger charge is 2.57. The molecule has 0 amide bonds. The maximum atomic E-state index is 9.50. The quantitative estimate of drug-likeness (QED) is 0.785. The molecule has 3 rings (SSSR count). The van der Waals surface area contributed by atoms with Crippen LogP contribution in [0, 0.1) is 28.1 Å². The van der Waals surface area contributed by atoms with E-state index in [-0.39, 0.29) is 11.9 Å². The van der Waals surface area contributed by atoms with E-state index in [0.717, 1.165) is 5.56 Å². The average Bonchev–Trinajstić information content (AvgIpc) is 2.91. The van der Waals surface area contributed by atoms with E-state index in [0.29, 0.717) is 12.0 Å². The number of hydrogen-bond acceptors (Lipinski definition) is 5. The molecule has 5 nitrogen and oxygen atoms in total. The first kappa shape index (κ1) is 11.6. The van der Waals surface area contributed by atoms with Crippen molar-refractivity contribution in [2.75, 3.05) is 0 Å². The minimum atomic E-state index is -0.973. The van der Waals surface area contributed by atoms with Gasteiger partial charge in [-0.2, -0.15) is 10.5 Å². The van der Waals surface area contributed by atoms with E-state index in [1.54, 1.807) is 0 Å². The predicted octanol–water partition coefficient (Wildman–Crippen LogP) is 1.28. The number of hydrogen-bond donors (Lipinski definition) is 2. The van der Waals surface area contributed by atoms with Crippen molar-refractivity contribution in [2.24, 2.45) is 11.1 Å². The summed E-state index contributed by atoms with van der Waals surface area (Å²) in [6.45, 7) is 0. The van der Waals surface area contributed by atoms with Crippen molar-refractivity contribution >= 4 is 0 Å². The Hall–Kier alpha value is -2.50. The molecule has 2 aliphatic rings. The smallest absolute Gasteiger partial charge is 0.153 e. The lowest BCUT2D eigenvalue weighted by atomic mass is 9.79. The molecule has 0 bridgehead atoms. The topological polar surface area (TPSA) is 94.9 Å². The Bertz CT molecular complexity index is 625. The second kappa shape index (κ2) is 4.01. The molecule has 3 N–H and O–H groups in total. The summed E-state index contributed by atoms with van der Waals surface area (Å²) in [4.78, 5) is 0. The van der Waals surface area contributed by atoms with Crippen LogP contribution in [0.4, 0.5) is 0 Å². The largest absolute Gasteiger partial charge is 0.385 e. The molecule has 0 aliphatic carbocycles. The minimum absolute atomic E-state index is 0.199. The first-order chi connectivity index (χ1) is 9.21. The lowest BCUT2D eigenvalue weighted by Crippen LogP contribution is -2.35. The Morgan fingerprint density at radius 2 is 2.05 bits per heavy atom. The van der Waals surface area contributed by atoms with Crippen LogP contribution in [0.15, 0.2) is 41.7 Å². The van der Waals surface area contributed by atoms with Crippen molar-refractivity contribution in [3.05, 3.63) is 47.3 Å². The van der Waals surface area contributed by atoms with Gasteiger partial charge in [0, 0.05) is 6.42 Å². The molecule has 1 fully saturated rings. The second-order valence-electron chi connectivity index (χ2n) is 4.75. The molecule has 1 aromatic carbocycles. The highest BCUT2D eigenvalue weighted by molar-refractivity contribution is 5.45. The highest BCUT2D eigenvalue weighted by atomic mass is 16.5. The van der Waals surface area contributed by atoms with Crippen molar-refractivity contribution < 1.29 is 4.74 Å². The van der Waals surface area contributed by atoms with Crippen LogP contribution in [0.3, 0.4) is 0 Å². The fraction of sp³-hybridized carbons (Fsp3) is 0.286. The maximum absolute atomic E-state index is 9.50. The molecular weight excluding hydrogens is 240 g/mol. The van der Waals surface area contributed by atoms with Crippen LogP contribution in [-0.4, -0.2) is 6.23 Å². The van der Waals surface area contributed by atoms with Gasteiger partial charge in [0.2, 0.25) is 0 Å². The van der Waals surface area contributed by atoms with E-state index < -0.39 is 11.6 Å². The van der Waals surface area contributed by atoms with E-state index in [2.05, 4.69) is 11.4 Å². The summed E-state index contributed by atoms with van der Waals surface area (Å²) < 4.78 is 5.86. The van der Waals surface area contributed by atoms with Gasteiger partial charge in [-0.15, -0.1) is 0 Å². The number of nitrogens with one attached hydrogen (secondary N) is 1. The summed E-state index contributed by atoms with van der Waals surface area (Å²) in [5, 5.41) is 21.6. The molecule has 2 heterocycles. The lowest BCUT2D eigenvalue weighted by Gasteiger charge is -2.17. The van der Waals surface area contributed by atoms with Crippen LogP contribution in [0.1, 0.15) is 18.1 Å². The Morgan fingerprint density at radius 3 is 2.68 bits per heavy atom. The Morgan fingerprint density at radius 1 is 1.32 bits per heavy atom. The number of nitrogens with two attached hydrogens (primary N) is 1. The average molecular weight is 252 g/mol. The van der Waals surface area contributed by atoms with Crippen LogP contribution in [0.25, 0.3) is 0 Å². The number of nitrogens with zero attached hydrogens (tertiary/aromatic N) is 2. The molecule has 19 heavy (non-hydrogen) atoms. The monoisotopic (exact) mass is 252 g/mol. The molecule has 0 spiro atoms. The van der Waals surface area contributed by atoms with Gasteiger partial charge in [0.1, 0.15) is 17.3 Å². The number of fused-ring (bicyclic) bond motifs is 1. The van der Waals surface area contributed by atoms with Gasteiger partial charge >= 0.3 is 0 Å². The molecule has 5 heteroatoms. The lowest BCUT2D eigenvalue weighted by molar-refractivity contribution is 0.0207. The normalized spacial score (nSPS) is 32.3. The maximum Gasteiger partial charge on any atom is 0.153 e. The molecule has 0 radical (unpaired) electrons. The summed E-state index contributed by atoms with van der Waals surface area (Å²) in [5.41, 5.74) is 6.06. The van der Waals surface area contributed by atoms with Crippen molar-refractivity contribution in [1.29, 1.82) is 10.5 Å². The summed E-state index contributed by atoms with van der Waals surface area (Å²) in [5.74, 6) is 0.251. The predicted molar refractivity (Wildman–Crippen MR) is 66.7 cm³/mol. The van der Waals surface area contributed by atoms with Gasteiger partial charge in [-0.25, -0.2) is 0 Å². The van der Waals surface area contributed by atoms with Crippen molar-refractivity contribution in [3.63, 3.8) is 0 Å². The molecule has 0 aromatic heterocycles. The fourth-order valence-electron chi connectivity index (χ4n) is 2.76. The number of benzene rings is 1. The number of ether oxygens (including phenoxy) is 1. The van der Waals surface area contributed by atoms with E-state index in [1.165, 1.54) is 0 Å². The molecule has 1 saturated heterocycles. The van der Waals surface area contributed by atoms with E-state index >= 15 is 0 Å². The molecule has 94 valence electrons. The Labute approximate surface area is 110 Å². The Balaban J connectivity index is 1.98. The van der Waals surface area contributed by atoms with Crippen LogP contribution in [0.5, 0.6) is 0 Å². The number of rotatable bonds is 1. The van der Waals surface area contributed by atoms with Gasteiger partial charge in [-0.3, -0.25) is 0 Å². The highest BCUT2D eigenvalue weighted by Crippen LogP contribution is 2.51. The minimum Gasteiger partial charge on any atom is -0.385 e. The fourth-order valence-corrected chi connectivity index (χ4v) is 2.76. The summed E-state index contributed by atoms with van der Waals surface area (Å²) in [7, 11) is 0. The van der Waals surface area contributed by atoms with Gasteiger partial charge in [-0.05, 0) is 5.56 Å². The van der Waals surface area contributed by atoms with Gasteiger partial charge in [0.25, 0.3) is 0 Å². The van der Waals surface area contributed by atoms with Crippen molar-refractivity contribution in [2.45, 2.75) is 18.8 Å². The van der Waals surface area contributed by atoms with Gasteiger partial charge in [0.15, 0.2) is 6.23 Å². The SMILES string of the molecule is N#CC1=C(N)N[C@H]2O[C@H](c3ccccc3)C[C@@]12C#N. The van der Waals surface area contributed by atoms with E-state index in [9.17, 15) is 10.5 Å². The molecule has 0 saturated carbocycles. The Kier molecular flexibility index (Phi) is 2.45. The number of nitriles is 2. The first-order valence-electron chi connectivity index (χ1n) is 6.00. The second-order valence-corrected chi connectivity index (χ2v) is 4.75. The van der Waals surface area contributed by atoms with Gasteiger partial charge < -0.3 is 15.8 Å². The van der Waals surface area contributed by atoms with Crippen molar-refractivity contribution in [3.8, 4) is 12.1 Å². The third-order valence-electron chi connectivity index (χ3n) is 3.74.